The van der Waals surface area contributed by atoms with Crippen LogP contribution >= 0.6 is 0 Å². The van der Waals surface area contributed by atoms with E-state index < -0.39 is 0 Å². The number of nitrogens with one attached hydrogen (secondary N) is 2. The molecule has 2 heterocycles. The highest BCUT2D eigenvalue weighted by molar-refractivity contribution is 5.99. The van der Waals surface area contributed by atoms with Gasteiger partial charge in [-0.15, -0.1) is 0 Å². The van der Waals surface area contributed by atoms with Crippen LogP contribution in [0.2, 0.25) is 0 Å². The van der Waals surface area contributed by atoms with Gasteiger partial charge < -0.3 is 10.6 Å². The molecule has 8 nitrogen and oxygen atoms in total. The summed E-state index contributed by atoms with van der Waals surface area (Å²) in [4.78, 5) is 24.4. The van der Waals surface area contributed by atoms with E-state index in [-0.39, 0.29) is 18.4 Å². The molecule has 8 heteroatoms. The largest absolute Gasteiger partial charge is 0.343 e. The molecule has 3 aromatic rings. The Bertz CT molecular complexity index is 958. The first-order valence-electron chi connectivity index (χ1n) is 8.58. The summed E-state index contributed by atoms with van der Waals surface area (Å²) in [6, 6.07) is 9.85. The molecule has 0 aliphatic rings. The van der Waals surface area contributed by atoms with Crippen LogP contribution in [0.15, 0.2) is 42.7 Å². The van der Waals surface area contributed by atoms with E-state index in [4.69, 9.17) is 0 Å². The first kappa shape index (κ1) is 18.4. The SMILES string of the molecule is Cc1nn(C)c(C)c1NC(=O)CNC(=O)c1cnn(Cc2ccccc2)c1. The van der Waals surface area contributed by atoms with Gasteiger partial charge in [0.05, 0.1) is 41.9 Å². The van der Waals surface area contributed by atoms with E-state index in [0.717, 1.165) is 17.0 Å². The van der Waals surface area contributed by atoms with Gasteiger partial charge in [0.25, 0.3) is 5.91 Å². The quantitative estimate of drug-likeness (QED) is 0.694. The number of hydrogen-bond acceptors (Lipinski definition) is 4. The summed E-state index contributed by atoms with van der Waals surface area (Å²) in [6.45, 7) is 4.14. The summed E-state index contributed by atoms with van der Waals surface area (Å²) < 4.78 is 3.39. The Kier molecular flexibility index (Phi) is 5.35. The molecule has 0 bridgehead atoms. The molecule has 2 aromatic heterocycles. The van der Waals surface area contributed by atoms with Gasteiger partial charge in [-0.25, -0.2) is 0 Å². The molecule has 0 unspecified atom stereocenters. The standard InChI is InChI=1S/C19H22N6O2/c1-13-18(14(2)24(3)23-13)22-17(26)10-20-19(27)16-9-21-25(12-16)11-15-7-5-4-6-8-15/h4-9,12H,10-11H2,1-3H3,(H,20,27)(H,22,26). The lowest BCUT2D eigenvalue weighted by Gasteiger charge is -2.06. The predicted molar refractivity (Wildman–Crippen MR) is 101 cm³/mol. The van der Waals surface area contributed by atoms with E-state index >= 15 is 0 Å². The van der Waals surface area contributed by atoms with Gasteiger partial charge in [-0.3, -0.25) is 19.0 Å². The first-order valence-corrected chi connectivity index (χ1v) is 8.58. The van der Waals surface area contributed by atoms with E-state index in [1.807, 2.05) is 51.2 Å². The van der Waals surface area contributed by atoms with Crippen LogP contribution < -0.4 is 10.6 Å². The molecule has 2 amide bonds. The van der Waals surface area contributed by atoms with Gasteiger partial charge in [-0.1, -0.05) is 30.3 Å². The molecular weight excluding hydrogens is 344 g/mol. The Morgan fingerprint density at radius 3 is 2.56 bits per heavy atom. The van der Waals surface area contributed by atoms with E-state index in [1.165, 1.54) is 6.20 Å². The number of carbonyl (C=O) groups is 2. The van der Waals surface area contributed by atoms with Crippen LogP contribution in [0.25, 0.3) is 0 Å². The second-order valence-corrected chi connectivity index (χ2v) is 6.31. The molecular formula is C19H22N6O2. The molecule has 27 heavy (non-hydrogen) atoms. The minimum atomic E-state index is -0.343. The molecule has 0 aliphatic heterocycles. The zero-order chi connectivity index (χ0) is 19.4. The normalized spacial score (nSPS) is 10.6. The molecule has 0 aliphatic carbocycles. The fourth-order valence-corrected chi connectivity index (χ4v) is 2.74. The maximum Gasteiger partial charge on any atom is 0.254 e. The molecule has 2 N–H and O–H groups in total. The van der Waals surface area contributed by atoms with Crippen molar-refractivity contribution >= 4 is 17.5 Å². The summed E-state index contributed by atoms with van der Waals surface area (Å²) in [5.41, 5.74) is 3.76. The maximum absolute atomic E-state index is 12.2. The fourth-order valence-electron chi connectivity index (χ4n) is 2.74. The number of anilines is 1. The van der Waals surface area contributed by atoms with Crippen molar-refractivity contribution in [3.8, 4) is 0 Å². The average molecular weight is 366 g/mol. The number of amides is 2. The summed E-state index contributed by atoms with van der Waals surface area (Å²) in [5.74, 6) is -0.650. The third-order valence-corrected chi connectivity index (χ3v) is 4.27. The highest BCUT2D eigenvalue weighted by atomic mass is 16.2. The van der Waals surface area contributed by atoms with Crippen LogP contribution in [0.1, 0.15) is 27.3 Å². The van der Waals surface area contributed by atoms with Crippen LogP contribution in [-0.4, -0.2) is 37.9 Å². The molecule has 0 spiro atoms. The first-order chi connectivity index (χ1) is 12.9. The van der Waals surface area contributed by atoms with Crippen LogP contribution in [0.5, 0.6) is 0 Å². The number of carbonyl (C=O) groups excluding carboxylic acids is 2. The zero-order valence-corrected chi connectivity index (χ0v) is 15.6. The summed E-state index contributed by atoms with van der Waals surface area (Å²) in [7, 11) is 1.81. The van der Waals surface area contributed by atoms with Crippen LogP contribution in [0.4, 0.5) is 5.69 Å². The van der Waals surface area contributed by atoms with E-state index in [2.05, 4.69) is 20.8 Å². The van der Waals surface area contributed by atoms with Crippen molar-refractivity contribution in [1.29, 1.82) is 0 Å². The van der Waals surface area contributed by atoms with Gasteiger partial charge in [-0.05, 0) is 19.4 Å². The Morgan fingerprint density at radius 1 is 1.15 bits per heavy atom. The number of aryl methyl sites for hydroxylation is 2. The summed E-state index contributed by atoms with van der Waals surface area (Å²) >= 11 is 0. The molecule has 0 fully saturated rings. The highest BCUT2D eigenvalue weighted by Crippen LogP contribution is 2.17. The lowest BCUT2D eigenvalue weighted by atomic mass is 10.2. The van der Waals surface area contributed by atoms with Gasteiger partial charge in [0.15, 0.2) is 0 Å². The molecule has 0 radical (unpaired) electrons. The smallest absolute Gasteiger partial charge is 0.254 e. The van der Waals surface area contributed by atoms with Crippen LogP contribution in [0, 0.1) is 13.8 Å². The van der Waals surface area contributed by atoms with Crippen molar-refractivity contribution in [2.24, 2.45) is 7.05 Å². The monoisotopic (exact) mass is 366 g/mol. The Hall–Kier alpha value is -3.42. The van der Waals surface area contributed by atoms with Gasteiger partial charge in [0.1, 0.15) is 0 Å². The van der Waals surface area contributed by atoms with Crippen LogP contribution in [-0.2, 0) is 18.4 Å². The lowest BCUT2D eigenvalue weighted by Crippen LogP contribution is -2.32. The number of benzene rings is 1. The fraction of sp³-hybridized carbons (Fsp3) is 0.263. The molecule has 3 rings (SSSR count). The highest BCUT2D eigenvalue weighted by Gasteiger charge is 2.14. The molecule has 0 atom stereocenters. The Labute approximate surface area is 157 Å². The van der Waals surface area contributed by atoms with Crippen molar-refractivity contribution in [3.05, 3.63) is 65.2 Å². The number of rotatable bonds is 6. The predicted octanol–water partition coefficient (Wildman–Crippen LogP) is 1.65. The molecule has 0 saturated carbocycles. The molecule has 1 aromatic carbocycles. The maximum atomic E-state index is 12.2. The second kappa shape index (κ2) is 7.86. The number of nitrogens with zero attached hydrogens (tertiary/aromatic N) is 4. The summed E-state index contributed by atoms with van der Waals surface area (Å²) in [5, 5.41) is 13.8. The summed E-state index contributed by atoms with van der Waals surface area (Å²) in [6.07, 6.45) is 3.15. The van der Waals surface area contributed by atoms with Gasteiger partial charge in [-0.2, -0.15) is 10.2 Å². The molecule has 140 valence electrons. The van der Waals surface area contributed by atoms with Gasteiger partial charge in [0, 0.05) is 13.2 Å². The zero-order valence-electron chi connectivity index (χ0n) is 15.6. The lowest BCUT2D eigenvalue weighted by molar-refractivity contribution is -0.115. The second-order valence-electron chi connectivity index (χ2n) is 6.31. The van der Waals surface area contributed by atoms with Crippen molar-refractivity contribution in [1.82, 2.24) is 24.9 Å². The Balaban J connectivity index is 1.54. The van der Waals surface area contributed by atoms with Crippen molar-refractivity contribution < 1.29 is 9.59 Å². The van der Waals surface area contributed by atoms with E-state index in [0.29, 0.717) is 17.8 Å². The van der Waals surface area contributed by atoms with Gasteiger partial charge in [0.2, 0.25) is 5.91 Å². The van der Waals surface area contributed by atoms with Crippen molar-refractivity contribution in [2.75, 3.05) is 11.9 Å². The number of aromatic nitrogens is 4. The minimum absolute atomic E-state index is 0.128. The van der Waals surface area contributed by atoms with Crippen molar-refractivity contribution in [3.63, 3.8) is 0 Å². The van der Waals surface area contributed by atoms with E-state index in [9.17, 15) is 9.59 Å². The average Bonchev–Trinajstić information content (AvgIpc) is 3.21. The topological polar surface area (TPSA) is 93.8 Å². The van der Waals surface area contributed by atoms with Crippen LogP contribution in [0.3, 0.4) is 0 Å². The number of hydrogen-bond donors (Lipinski definition) is 2. The van der Waals surface area contributed by atoms with Crippen molar-refractivity contribution in [2.45, 2.75) is 20.4 Å². The molecule has 0 saturated heterocycles. The Morgan fingerprint density at radius 2 is 1.89 bits per heavy atom. The minimum Gasteiger partial charge on any atom is -0.343 e. The third kappa shape index (κ3) is 4.41. The van der Waals surface area contributed by atoms with E-state index in [1.54, 1.807) is 15.6 Å². The van der Waals surface area contributed by atoms with Gasteiger partial charge >= 0.3 is 0 Å². The third-order valence-electron chi connectivity index (χ3n) is 4.27.